The van der Waals surface area contributed by atoms with Crippen molar-refractivity contribution in [2.24, 2.45) is 28.7 Å². The van der Waals surface area contributed by atoms with Crippen molar-refractivity contribution in [3.8, 4) is 0 Å². The van der Waals surface area contributed by atoms with Crippen LogP contribution in [-0.2, 0) is 14.4 Å². The number of carbonyl (C=O) groups is 3. The fourth-order valence-electron chi connectivity index (χ4n) is 4.22. The highest BCUT2D eigenvalue weighted by Gasteiger charge is 2.58. The van der Waals surface area contributed by atoms with Crippen LogP contribution in [0.4, 0.5) is 0 Å². The van der Waals surface area contributed by atoms with Gasteiger partial charge in [-0.1, -0.05) is 12.2 Å². The monoisotopic (exact) mass is 489 g/mol. The lowest BCUT2D eigenvalue weighted by atomic mass is 9.85. The zero-order valence-electron chi connectivity index (χ0n) is 15.7. The van der Waals surface area contributed by atoms with Crippen molar-refractivity contribution in [2.45, 2.75) is 20.3 Å². The molecule has 8 nitrogen and oxygen atoms in total. The third kappa shape index (κ3) is 4.44. The summed E-state index contributed by atoms with van der Waals surface area (Å²) in [6.07, 6.45) is 5.13. The number of hydrogen-bond donors (Lipinski definition) is 3. The number of aliphatic imine (C=N–C) groups is 1. The molecule has 2 bridgehead atoms. The van der Waals surface area contributed by atoms with Crippen LogP contribution in [-0.4, -0.2) is 61.3 Å². The molecule has 3 aliphatic rings. The van der Waals surface area contributed by atoms with Crippen LogP contribution < -0.4 is 16.0 Å². The number of imide groups is 1. The molecule has 3 amide bonds. The van der Waals surface area contributed by atoms with Gasteiger partial charge in [-0.15, -0.1) is 24.0 Å². The number of amides is 3. The van der Waals surface area contributed by atoms with Gasteiger partial charge in [0.1, 0.15) is 6.54 Å². The Kier molecular flexibility index (Phi) is 7.63. The predicted octanol–water partition coefficient (Wildman–Crippen LogP) is 0.103. The predicted molar refractivity (Wildman–Crippen MR) is 113 cm³/mol. The molecule has 0 aromatic rings. The van der Waals surface area contributed by atoms with E-state index < -0.39 is 0 Å². The van der Waals surface area contributed by atoms with Gasteiger partial charge in [0, 0.05) is 26.2 Å². The summed E-state index contributed by atoms with van der Waals surface area (Å²) in [6, 6.07) is 0. The highest BCUT2D eigenvalue weighted by atomic mass is 127. The number of fused-ring (bicyclic) bond motifs is 5. The molecule has 0 aromatic heterocycles. The number of nitrogens with zero attached hydrogens (tertiary/aromatic N) is 2. The Bertz CT molecular complexity index is 621. The number of carbonyl (C=O) groups excluding carboxylic acids is 3. The number of allylic oxidation sites excluding steroid dienone is 2. The van der Waals surface area contributed by atoms with Crippen molar-refractivity contribution in [3.63, 3.8) is 0 Å². The summed E-state index contributed by atoms with van der Waals surface area (Å²) >= 11 is 0. The van der Waals surface area contributed by atoms with Gasteiger partial charge in [0.25, 0.3) is 0 Å². The summed E-state index contributed by atoms with van der Waals surface area (Å²) in [5.74, 6) is 0.427. The maximum absolute atomic E-state index is 12.6. The first-order chi connectivity index (χ1) is 12.6. The molecule has 1 heterocycles. The van der Waals surface area contributed by atoms with Gasteiger partial charge in [-0.3, -0.25) is 19.3 Å². The first-order valence-corrected chi connectivity index (χ1v) is 9.39. The summed E-state index contributed by atoms with van der Waals surface area (Å²) in [5.41, 5.74) is 0. The maximum Gasteiger partial charge on any atom is 0.241 e. The zero-order chi connectivity index (χ0) is 18.7. The topological polar surface area (TPSA) is 103 Å². The Morgan fingerprint density at radius 2 is 1.67 bits per heavy atom. The molecule has 1 saturated carbocycles. The first kappa shape index (κ1) is 21.6. The fraction of sp³-hybridized carbons (Fsp3) is 0.667. The van der Waals surface area contributed by atoms with Crippen LogP contribution >= 0.6 is 24.0 Å². The second-order valence-electron chi connectivity index (χ2n) is 6.90. The second kappa shape index (κ2) is 9.52. The van der Waals surface area contributed by atoms with Crippen LogP contribution in [0.1, 0.15) is 20.3 Å². The Balaban J connectivity index is 0.00000261. The van der Waals surface area contributed by atoms with Crippen molar-refractivity contribution in [1.82, 2.24) is 20.9 Å². The second-order valence-corrected chi connectivity index (χ2v) is 6.90. The number of halogens is 1. The molecule has 2 fully saturated rings. The molecule has 150 valence electrons. The van der Waals surface area contributed by atoms with Gasteiger partial charge in [0.15, 0.2) is 5.96 Å². The van der Waals surface area contributed by atoms with E-state index in [0.717, 1.165) is 6.42 Å². The lowest BCUT2D eigenvalue weighted by Gasteiger charge is -2.18. The van der Waals surface area contributed by atoms with Crippen LogP contribution in [0.2, 0.25) is 0 Å². The number of rotatable bonds is 7. The molecule has 0 aromatic carbocycles. The quantitative estimate of drug-likeness (QED) is 0.155. The molecule has 1 aliphatic heterocycles. The molecule has 9 heteroatoms. The highest BCUT2D eigenvalue weighted by molar-refractivity contribution is 14.0. The molecule has 27 heavy (non-hydrogen) atoms. The third-order valence-corrected chi connectivity index (χ3v) is 5.29. The van der Waals surface area contributed by atoms with E-state index in [-0.39, 0.29) is 71.9 Å². The van der Waals surface area contributed by atoms with E-state index in [2.05, 4.69) is 33.1 Å². The lowest BCUT2D eigenvalue weighted by Crippen LogP contribution is -2.44. The molecule has 3 rings (SSSR count). The minimum absolute atomic E-state index is 0. The van der Waals surface area contributed by atoms with E-state index in [0.29, 0.717) is 32.1 Å². The van der Waals surface area contributed by atoms with Gasteiger partial charge in [-0.2, -0.15) is 0 Å². The molecule has 3 N–H and O–H groups in total. The number of likely N-dealkylation sites (tertiary alicyclic amines) is 1. The standard InChI is InChI=1S/C18H27N5O3.HI/c1-3-19-13(24)10-22-18(20-4-2)21-7-8-23-16(25)14-11-5-6-12(9-11)15(14)17(23)26;/h5-6,11-12,14-15H,3-4,7-10H2,1-2H3,(H,19,24)(H2,20,21,22);1H. The Labute approximate surface area is 176 Å². The normalized spacial score (nSPS) is 28.2. The molecule has 1 saturated heterocycles. The van der Waals surface area contributed by atoms with E-state index in [1.165, 1.54) is 4.90 Å². The minimum Gasteiger partial charge on any atom is -0.357 e. The summed E-state index contributed by atoms with van der Waals surface area (Å²) in [7, 11) is 0. The number of nitrogens with one attached hydrogen (secondary N) is 3. The Morgan fingerprint density at radius 1 is 1.07 bits per heavy atom. The first-order valence-electron chi connectivity index (χ1n) is 9.39. The molecule has 0 radical (unpaired) electrons. The molecule has 2 aliphatic carbocycles. The molecular formula is C18H28IN5O3. The van der Waals surface area contributed by atoms with Crippen LogP contribution in [0.5, 0.6) is 0 Å². The van der Waals surface area contributed by atoms with Gasteiger partial charge in [-0.05, 0) is 32.1 Å². The number of hydrogen-bond acceptors (Lipinski definition) is 4. The lowest BCUT2D eigenvalue weighted by molar-refractivity contribution is -0.140. The molecule has 4 unspecified atom stereocenters. The van der Waals surface area contributed by atoms with E-state index in [1.807, 2.05) is 13.8 Å². The van der Waals surface area contributed by atoms with Crippen molar-refractivity contribution < 1.29 is 14.4 Å². The Morgan fingerprint density at radius 3 is 2.22 bits per heavy atom. The molecule has 4 atom stereocenters. The average Bonchev–Trinajstić information content (AvgIpc) is 3.29. The number of guanidine groups is 1. The average molecular weight is 489 g/mol. The van der Waals surface area contributed by atoms with Gasteiger partial charge in [0.05, 0.1) is 11.8 Å². The van der Waals surface area contributed by atoms with Crippen LogP contribution in [0.3, 0.4) is 0 Å². The van der Waals surface area contributed by atoms with E-state index in [9.17, 15) is 14.4 Å². The van der Waals surface area contributed by atoms with Crippen molar-refractivity contribution >= 4 is 47.7 Å². The zero-order valence-corrected chi connectivity index (χ0v) is 18.1. The van der Waals surface area contributed by atoms with Gasteiger partial charge < -0.3 is 16.0 Å². The van der Waals surface area contributed by atoms with Crippen molar-refractivity contribution in [2.75, 3.05) is 32.7 Å². The smallest absolute Gasteiger partial charge is 0.241 e. The summed E-state index contributed by atoms with van der Waals surface area (Å²) in [5, 5.41) is 8.83. The third-order valence-electron chi connectivity index (χ3n) is 5.29. The molecular weight excluding hydrogens is 461 g/mol. The molecule has 0 spiro atoms. The van der Waals surface area contributed by atoms with Crippen molar-refractivity contribution in [3.05, 3.63) is 12.2 Å². The summed E-state index contributed by atoms with van der Waals surface area (Å²) in [4.78, 5) is 42.4. The van der Waals surface area contributed by atoms with Crippen LogP contribution in [0.25, 0.3) is 0 Å². The maximum atomic E-state index is 12.6. The van der Waals surface area contributed by atoms with Gasteiger partial charge in [0.2, 0.25) is 17.7 Å². The van der Waals surface area contributed by atoms with Gasteiger partial charge >= 0.3 is 0 Å². The summed E-state index contributed by atoms with van der Waals surface area (Å²) in [6.45, 7) is 5.76. The minimum atomic E-state index is -0.155. The highest BCUT2D eigenvalue weighted by Crippen LogP contribution is 2.52. The summed E-state index contributed by atoms with van der Waals surface area (Å²) < 4.78 is 0. The Hall–Kier alpha value is -1.65. The SMILES string of the molecule is CCNC(=O)CN=C(NCC)NCCN1C(=O)C2C3C=CC(C3)C2C1=O.I. The largest absolute Gasteiger partial charge is 0.357 e. The van der Waals surface area contributed by atoms with E-state index in [1.54, 1.807) is 0 Å². The van der Waals surface area contributed by atoms with E-state index in [4.69, 9.17) is 0 Å². The van der Waals surface area contributed by atoms with E-state index >= 15 is 0 Å². The van der Waals surface area contributed by atoms with Gasteiger partial charge in [-0.25, -0.2) is 4.99 Å². The number of likely N-dealkylation sites (N-methyl/N-ethyl adjacent to an activating group) is 1. The van der Waals surface area contributed by atoms with Crippen LogP contribution in [0, 0.1) is 23.7 Å². The van der Waals surface area contributed by atoms with Crippen LogP contribution in [0.15, 0.2) is 17.1 Å². The van der Waals surface area contributed by atoms with Crippen molar-refractivity contribution in [1.29, 1.82) is 0 Å². The fourth-order valence-corrected chi connectivity index (χ4v) is 4.22.